The molecule has 3 rings (SSSR count). The lowest BCUT2D eigenvalue weighted by Crippen LogP contribution is -1.96. The summed E-state index contributed by atoms with van der Waals surface area (Å²) in [5.41, 5.74) is 0. The number of hydrogen-bond donors (Lipinski definition) is 1. The molecule has 13 heavy (non-hydrogen) atoms. The van der Waals surface area contributed by atoms with Gasteiger partial charge in [-0.3, -0.25) is 0 Å². The molecule has 0 aromatic heterocycles. The number of rotatable bonds is 0. The lowest BCUT2D eigenvalue weighted by molar-refractivity contribution is -0.130. The topological polar surface area (TPSA) is 37.3 Å². The van der Waals surface area contributed by atoms with E-state index in [9.17, 15) is 4.79 Å². The third-order valence-corrected chi connectivity index (χ3v) is 4.08. The van der Waals surface area contributed by atoms with Crippen molar-refractivity contribution in [3.8, 4) is 11.8 Å². The van der Waals surface area contributed by atoms with Crippen LogP contribution in [0.2, 0.25) is 0 Å². The molecule has 3 aliphatic rings. The third-order valence-electron chi connectivity index (χ3n) is 4.08. The second kappa shape index (κ2) is 2.29. The standard InChI is InChI=1S/C11H12O2/c12-9(13)4-3-8-10-6-1-2-7(5-6)11(8)10/h6-8,10-11H,1-2,5H2,(H,12,13). The van der Waals surface area contributed by atoms with Gasteiger partial charge in [-0.25, -0.2) is 4.79 Å². The Balaban J connectivity index is 1.74. The molecule has 0 radical (unpaired) electrons. The fourth-order valence-corrected chi connectivity index (χ4v) is 3.66. The molecule has 0 aliphatic heterocycles. The van der Waals surface area contributed by atoms with E-state index in [0.717, 1.165) is 23.7 Å². The fraction of sp³-hybridized carbons (Fsp3) is 0.727. The highest BCUT2D eigenvalue weighted by Crippen LogP contribution is 2.69. The number of carboxylic acid groups (broad SMARTS) is 1. The molecule has 0 aromatic carbocycles. The van der Waals surface area contributed by atoms with Crippen molar-refractivity contribution in [1.82, 2.24) is 0 Å². The lowest BCUT2D eigenvalue weighted by Gasteiger charge is -2.03. The molecule has 3 saturated carbocycles. The quantitative estimate of drug-likeness (QED) is 0.566. The van der Waals surface area contributed by atoms with Gasteiger partial charge in [-0.15, -0.1) is 0 Å². The van der Waals surface area contributed by atoms with Crippen molar-refractivity contribution < 1.29 is 9.90 Å². The Morgan fingerprint density at radius 3 is 2.38 bits per heavy atom. The van der Waals surface area contributed by atoms with Crippen LogP contribution < -0.4 is 0 Å². The Hall–Kier alpha value is -0.970. The van der Waals surface area contributed by atoms with Crippen molar-refractivity contribution in [2.45, 2.75) is 19.3 Å². The Morgan fingerprint density at radius 1 is 1.23 bits per heavy atom. The first-order valence-corrected chi connectivity index (χ1v) is 5.02. The number of hydrogen-bond acceptors (Lipinski definition) is 1. The number of carbonyl (C=O) groups is 1. The summed E-state index contributed by atoms with van der Waals surface area (Å²) < 4.78 is 0. The molecule has 4 unspecified atom stereocenters. The van der Waals surface area contributed by atoms with Crippen LogP contribution in [0, 0.1) is 41.4 Å². The fourth-order valence-electron chi connectivity index (χ4n) is 3.66. The summed E-state index contributed by atoms with van der Waals surface area (Å²) in [5, 5.41) is 8.43. The number of aliphatic carboxylic acids is 1. The van der Waals surface area contributed by atoms with E-state index in [4.69, 9.17) is 5.11 Å². The zero-order chi connectivity index (χ0) is 9.00. The minimum atomic E-state index is -0.975. The minimum absolute atomic E-state index is 0.447. The first-order chi connectivity index (χ1) is 6.27. The van der Waals surface area contributed by atoms with E-state index in [1.54, 1.807) is 0 Å². The van der Waals surface area contributed by atoms with E-state index in [2.05, 4.69) is 11.8 Å². The summed E-state index contributed by atoms with van der Waals surface area (Å²) in [6, 6.07) is 0. The molecule has 2 nitrogen and oxygen atoms in total. The van der Waals surface area contributed by atoms with Gasteiger partial charge in [0.15, 0.2) is 0 Å². The van der Waals surface area contributed by atoms with Crippen LogP contribution in [0.15, 0.2) is 0 Å². The zero-order valence-electron chi connectivity index (χ0n) is 7.36. The molecule has 2 heteroatoms. The van der Waals surface area contributed by atoms with E-state index in [0.29, 0.717) is 5.92 Å². The molecule has 0 amide bonds. The number of fused-ring (bicyclic) bond motifs is 5. The van der Waals surface area contributed by atoms with Crippen molar-refractivity contribution >= 4 is 5.97 Å². The van der Waals surface area contributed by atoms with Crippen molar-refractivity contribution in [3.63, 3.8) is 0 Å². The molecule has 0 spiro atoms. The van der Waals surface area contributed by atoms with Gasteiger partial charge in [-0.2, -0.15) is 0 Å². The maximum absolute atomic E-state index is 10.3. The van der Waals surface area contributed by atoms with E-state index < -0.39 is 5.97 Å². The maximum atomic E-state index is 10.3. The van der Waals surface area contributed by atoms with Gasteiger partial charge in [-0.05, 0) is 42.9 Å². The molecular weight excluding hydrogens is 164 g/mol. The van der Waals surface area contributed by atoms with Crippen LogP contribution in [-0.2, 0) is 4.79 Å². The van der Waals surface area contributed by atoms with Crippen LogP contribution in [0.4, 0.5) is 0 Å². The van der Waals surface area contributed by atoms with Gasteiger partial charge >= 0.3 is 5.97 Å². The second-order valence-electron chi connectivity index (χ2n) is 4.59. The van der Waals surface area contributed by atoms with Crippen LogP contribution in [0.25, 0.3) is 0 Å². The van der Waals surface area contributed by atoms with Crippen molar-refractivity contribution in [2.24, 2.45) is 29.6 Å². The first kappa shape index (κ1) is 7.44. The van der Waals surface area contributed by atoms with Crippen molar-refractivity contribution in [2.75, 3.05) is 0 Å². The normalized spacial score (nSPS) is 49.4. The second-order valence-corrected chi connectivity index (χ2v) is 4.59. The predicted octanol–water partition coefficient (Wildman–Crippen LogP) is 1.37. The van der Waals surface area contributed by atoms with Gasteiger partial charge in [0, 0.05) is 11.8 Å². The monoisotopic (exact) mass is 176 g/mol. The maximum Gasteiger partial charge on any atom is 0.381 e. The lowest BCUT2D eigenvalue weighted by atomic mass is 10.0. The van der Waals surface area contributed by atoms with Gasteiger partial charge in [-0.1, -0.05) is 5.92 Å². The highest BCUT2D eigenvalue weighted by molar-refractivity contribution is 5.86. The van der Waals surface area contributed by atoms with Gasteiger partial charge < -0.3 is 5.11 Å². The highest BCUT2D eigenvalue weighted by atomic mass is 16.4. The molecular formula is C11H12O2. The predicted molar refractivity (Wildman–Crippen MR) is 46.7 cm³/mol. The molecule has 3 aliphatic carbocycles. The summed E-state index contributed by atoms with van der Waals surface area (Å²) in [6.07, 6.45) is 4.15. The van der Waals surface area contributed by atoms with Crippen molar-refractivity contribution in [1.29, 1.82) is 0 Å². The van der Waals surface area contributed by atoms with E-state index in [1.165, 1.54) is 19.3 Å². The van der Waals surface area contributed by atoms with E-state index in [1.807, 2.05) is 0 Å². The zero-order valence-corrected chi connectivity index (χ0v) is 7.36. The van der Waals surface area contributed by atoms with Gasteiger partial charge in [0.05, 0.1) is 0 Å². The largest absolute Gasteiger partial charge is 0.472 e. The number of carboxylic acids is 1. The average Bonchev–Trinajstić information content (AvgIpc) is 2.51. The summed E-state index contributed by atoms with van der Waals surface area (Å²) >= 11 is 0. The molecule has 0 saturated heterocycles. The van der Waals surface area contributed by atoms with Gasteiger partial charge in [0.1, 0.15) is 0 Å². The summed E-state index contributed by atoms with van der Waals surface area (Å²) in [6.45, 7) is 0. The Kier molecular flexibility index (Phi) is 1.31. The molecule has 0 heterocycles. The smallest absolute Gasteiger partial charge is 0.381 e. The average molecular weight is 176 g/mol. The highest BCUT2D eigenvalue weighted by Gasteiger charge is 2.64. The molecule has 3 fully saturated rings. The third kappa shape index (κ3) is 0.934. The van der Waals surface area contributed by atoms with Gasteiger partial charge in [0.2, 0.25) is 0 Å². The summed E-state index contributed by atoms with van der Waals surface area (Å²) in [4.78, 5) is 10.3. The van der Waals surface area contributed by atoms with Crippen LogP contribution in [0.5, 0.6) is 0 Å². The Labute approximate surface area is 77.3 Å². The van der Waals surface area contributed by atoms with Crippen LogP contribution in [-0.4, -0.2) is 11.1 Å². The minimum Gasteiger partial charge on any atom is -0.472 e. The Bertz CT molecular complexity index is 307. The van der Waals surface area contributed by atoms with Crippen LogP contribution in [0.1, 0.15) is 19.3 Å². The SMILES string of the molecule is O=C(O)C#CC1C2C3CCC(C3)C12. The van der Waals surface area contributed by atoms with Crippen LogP contribution in [0.3, 0.4) is 0 Å². The Morgan fingerprint density at radius 2 is 1.85 bits per heavy atom. The van der Waals surface area contributed by atoms with Crippen molar-refractivity contribution in [3.05, 3.63) is 0 Å². The molecule has 68 valence electrons. The molecule has 0 aromatic rings. The van der Waals surface area contributed by atoms with E-state index >= 15 is 0 Å². The summed E-state index contributed by atoms with van der Waals surface area (Å²) in [7, 11) is 0. The molecule has 4 atom stereocenters. The van der Waals surface area contributed by atoms with E-state index in [-0.39, 0.29) is 0 Å². The molecule has 1 N–H and O–H groups in total. The van der Waals surface area contributed by atoms with Gasteiger partial charge in [0.25, 0.3) is 0 Å². The first-order valence-electron chi connectivity index (χ1n) is 5.02. The molecule has 2 bridgehead atoms. The van der Waals surface area contributed by atoms with Crippen LogP contribution >= 0.6 is 0 Å². The summed E-state index contributed by atoms with van der Waals surface area (Å²) in [5.74, 6) is 8.00.